The van der Waals surface area contributed by atoms with Crippen LogP contribution in [0.1, 0.15) is 44.2 Å². The minimum Gasteiger partial charge on any atom is -0.481 e. The molecule has 2 aromatic carbocycles. The van der Waals surface area contributed by atoms with E-state index in [0.717, 1.165) is 5.69 Å². The number of halogens is 2. The Balaban J connectivity index is 1.65. The SMILES string of the molecule is C=CCn1c(SCC(=O)Nc2ccc(C(C)C)cc2)nnc1C(C)Oc1ccc(Cl)cc1Cl. The molecule has 1 atom stereocenters. The number of carbonyl (C=O) groups excluding carboxylic acids is 1. The second-order valence-electron chi connectivity index (χ2n) is 7.69. The summed E-state index contributed by atoms with van der Waals surface area (Å²) in [6.07, 6.45) is 1.31. The molecule has 0 aliphatic heterocycles. The highest BCUT2D eigenvalue weighted by atomic mass is 35.5. The van der Waals surface area contributed by atoms with Crippen LogP contribution in [0.5, 0.6) is 5.75 Å². The average molecular weight is 505 g/mol. The van der Waals surface area contributed by atoms with Crippen molar-refractivity contribution in [3.63, 3.8) is 0 Å². The molecule has 0 aliphatic carbocycles. The van der Waals surface area contributed by atoms with Gasteiger partial charge >= 0.3 is 0 Å². The highest BCUT2D eigenvalue weighted by Gasteiger charge is 2.20. The van der Waals surface area contributed by atoms with E-state index in [1.807, 2.05) is 35.8 Å². The van der Waals surface area contributed by atoms with Crippen LogP contribution in [-0.2, 0) is 11.3 Å². The van der Waals surface area contributed by atoms with Gasteiger partial charge < -0.3 is 10.1 Å². The molecule has 0 bridgehead atoms. The van der Waals surface area contributed by atoms with Gasteiger partial charge in [0.25, 0.3) is 0 Å². The molecular formula is C24H26Cl2N4O2S. The average Bonchev–Trinajstić information content (AvgIpc) is 3.17. The molecule has 3 rings (SSSR count). The van der Waals surface area contributed by atoms with Gasteiger partial charge in [-0.25, -0.2) is 0 Å². The number of allylic oxidation sites excluding steroid dienone is 1. The van der Waals surface area contributed by atoms with Crippen LogP contribution < -0.4 is 10.1 Å². The summed E-state index contributed by atoms with van der Waals surface area (Å²) in [4.78, 5) is 12.5. The summed E-state index contributed by atoms with van der Waals surface area (Å²) in [6.45, 7) is 10.4. The van der Waals surface area contributed by atoms with Crippen LogP contribution in [0.15, 0.2) is 60.3 Å². The van der Waals surface area contributed by atoms with Crippen molar-refractivity contribution in [2.75, 3.05) is 11.1 Å². The Kier molecular flexibility index (Phi) is 8.83. The van der Waals surface area contributed by atoms with E-state index in [-0.39, 0.29) is 11.7 Å². The first-order valence-corrected chi connectivity index (χ1v) is 12.2. The number of nitrogens with zero attached hydrogens (tertiary/aromatic N) is 3. The van der Waals surface area contributed by atoms with Crippen LogP contribution in [0.3, 0.4) is 0 Å². The molecule has 1 amide bonds. The van der Waals surface area contributed by atoms with Gasteiger partial charge in [0.2, 0.25) is 5.91 Å². The number of thioether (sulfide) groups is 1. The number of hydrogen-bond acceptors (Lipinski definition) is 5. The van der Waals surface area contributed by atoms with Crippen LogP contribution in [0.25, 0.3) is 0 Å². The van der Waals surface area contributed by atoms with Crippen molar-refractivity contribution in [1.82, 2.24) is 14.8 Å². The molecule has 1 unspecified atom stereocenters. The number of anilines is 1. The lowest BCUT2D eigenvalue weighted by molar-refractivity contribution is -0.113. The van der Waals surface area contributed by atoms with Crippen LogP contribution in [0, 0.1) is 0 Å². The first kappa shape index (κ1) is 25.1. The van der Waals surface area contributed by atoms with Crippen molar-refractivity contribution < 1.29 is 9.53 Å². The lowest BCUT2D eigenvalue weighted by Crippen LogP contribution is -2.15. The number of benzene rings is 2. The Bertz CT molecular complexity index is 1120. The Morgan fingerprint density at radius 2 is 1.91 bits per heavy atom. The van der Waals surface area contributed by atoms with Crippen LogP contribution in [0.4, 0.5) is 5.69 Å². The summed E-state index contributed by atoms with van der Waals surface area (Å²) in [5.74, 6) is 1.62. The number of nitrogens with one attached hydrogen (secondary N) is 1. The maximum atomic E-state index is 12.5. The molecule has 9 heteroatoms. The fourth-order valence-electron chi connectivity index (χ4n) is 3.10. The summed E-state index contributed by atoms with van der Waals surface area (Å²) in [7, 11) is 0. The molecule has 3 aromatic rings. The van der Waals surface area contributed by atoms with Crippen molar-refractivity contribution in [1.29, 1.82) is 0 Å². The second kappa shape index (κ2) is 11.6. The van der Waals surface area contributed by atoms with E-state index in [4.69, 9.17) is 27.9 Å². The zero-order chi connectivity index (χ0) is 24.0. The molecular weight excluding hydrogens is 479 g/mol. The molecule has 1 aromatic heterocycles. The molecule has 174 valence electrons. The summed E-state index contributed by atoms with van der Waals surface area (Å²) < 4.78 is 7.85. The van der Waals surface area contributed by atoms with Crippen molar-refractivity contribution in [2.24, 2.45) is 0 Å². The molecule has 0 fully saturated rings. The van der Waals surface area contributed by atoms with Gasteiger partial charge in [0.15, 0.2) is 17.1 Å². The third-order valence-electron chi connectivity index (χ3n) is 4.81. The minimum absolute atomic E-state index is 0.121. The first-order chi connectivity index (χ1) is 15.8. The van der Waals surface area contributed by atoms with Crippen LogP contribution in [0.2, 0.25) is 10.0 Å². The Morgan fingerprint density at radius 3 is 2.55 bits per heavy atom. The van der Waals surface area contributed by atoms with Crippen molar-refractivity contribution in [3.05, 3.63) is 76.6 Å². The maximum Gasteiger partial charge on any atom is 0.234 e. The van der Waals surface area contributed by atoms with E-state index in [0.29, 0.717) is 39.2 Å². The molecule has 0 saturated heterocycles. The second-order valence-corrected chi connectivity index (χ2v) is 9.47. The number of aromatic nitrogens is 3. The quantitative estimate of drug-likeness (QED) is 0.243. The molecule has 6 nitrogen and oxygen atoms in total. The van der Waals surface area contributed by atoms with E-state index in [9.17, 15) is 4.79 Å². The number of carbonyl (C=O) groups is 1. The Labute approximate surface area is 208 Å². The van der Waals surface area contributed by atoms with Crippen molar-refractivity contribution >= 4 is 46.6 Å². The summed E-state index contributed by atoms with van der Waals surface area (Å²) in [5, 5.41) is 13.0. The van der Waals surface area contributed by atoms with Crippen molar-refractivity contribution in [2.45, 2.75) is 44.5 Å². The molecule has 0 spiro atoms. The van der Waals surface area contributed by atoms with Gasteiger partial charge in [0.05, 0.1) is 10.8 Å². The van der Waals surface area contributed by atoms with Crippen molar-refractivity contribution in [3.8, 4) is 5.75 Å². The summed E-state index contributed by atoms with van der Waals surface area (Å²) in [5.41, 5.74) is 1.99. The Hall–Kier alpha value is -2.48. The van der Waals surface area contributed by atoms with Gasteiger partial charge in [-0.05, 0) is 48.7 Å². The number of rotatable bonds is 10. The molecule has 0 radical (unpaired) electrons. The predicted molar refractivity (Wildman–Crippen MR) is 136 cm³/mol. The normalized spacial score (nSPS) is 11.9. The smallest absolute Gasteiger partial charge is 0.234 e. The predicted octanol–water partition coefficient (Wildman–Crippen LogP) is 6.77. The standard InChI is InChI=1S/C24H26Cl2N4O2S/c1-5-12-30-23(16(4)32-21-11-8-18(25)13-20(21)26)28-29-24(30)33-14-22(31)27-19-9-6-17(7-10-19)15(2)3/h5-11,13,15-16H,1,12,14H2,2-4H3,(H,27,31). The maximum absolute atomic E-state index is 12.5. The van der Waals surface area contributed by atoms with Gasteiger partial charge in [-0.3, -0.25) is 9.36 Å². The molecule has 33 heavy (non-hydrogen) atoms. The van der Waals surface area contributed by atoms with Gasteiger partial charge in [0.1, 0.15) is 5.75 Å². The number of ether oxygens (including phenoxy) is 1. The minimum atomic E-state index is -0.432. The molecule has 0 saturated carbocycles. The number of hydrogen-bond donors (Lipinski definition) is 1. The number of amides is 1. The van der Waals surface area contributed by atoms with E-state index >= 15 is 0 Å². The van der Waals surface area contributed by atoms with Crippen LogP contribution in [-0.4, -0.2) is 26.4 Å². The third-order valence-corrected chi connectivity index (χ3v) is 6.31. The van der Waals surface area contributed by atoms with E-state index < -0.39 is 6.10 Å². The first-order valence-electron chi connectivity index (χ1n) is 10.5. The fraction of sp³-hybridized carbons (Fsp3) is 0.292. The highest BCUT2D eigenvalue weighted by molar-refractivity contribution is 7.99. The largest absolute Gasteiger partial charge is 0.481 e. The molecule has 0 aliphatic rings. The molecule has 1 N–H and O–H groups in total. The van der Waals surface area contributed by atoms with Gasteiger partial charge in [0, 0.05) is 17.3 Å². The zero-order valence-corrected chi connectivity index (χ0v) is 21.0. The van der Waals surface area contributed by atoms with E-state index in [1.165, 1.54) is 17.3 Å². The third kappa shape index (κ3) is 6.76. The topological polar surface area (TPSA) is 69.0 Å². The summed E-state index contributed by atoms with van der Waals surface area (Å²) >= 11 is 13.5. The van der Waals surface area contributed by atoms with Crippen LogP contribution >= 0.6 is 35.0 Å². The monoisotopic (exact) mass is 504 g/mol. The Morgan fingerprint density at radius 1 is 1.18 bits per heavy atom. The van der Waals surface area contributed by atoms with E-state index in [1.54, 1.807) is 24.3 Å². The highest BCUT2D eigenvalue weighted by Crippen LogP contribution is 2.32. The lowest BCUT2D eigenvalue weighted by Gasteiger charge is -2.16. The fourth-order valence-corrected chi connectivity index (χ4v) is 4.31. The zero-order valence-electron chi connectivity index (χ0n) is 18.7. The lowest BCUT2D eigenvalue weighted by atomic mass is 10.0. The van der Waals surface area contributed by atoms with Gasteiger partial charge in [-0.2, -0.15) is 0 Å². The summed E-state index contributed by atoms with van der Waals surface area (Å²) in [6, 6.07) is 12.9. The van der Waals surface area contributed by atoms with E-state index in [2.05, 4.69) is 35.9 Å². The van der Waals surface area contributed by atoms with Gasteiger partial charge in [-0.15, -0.1) is 16.8 Å². The van der Waals surface area contributed by atoms with Gasteiger partial charge in [-0.1, -0.05) is 67.0 Å². The molecule has 1 heterocycles.